The number of fused-ring (bicyclic) bond motifs is 1. The topological polar surface area (TPSA) is 156 Å². The average Bonchev–Trinajstić information content (AvgIpc) is 3.41. The van der Waals surface area contributed by atoms with E-state index in [1.54, 1.807) is 22.8 Å². The Morgan fingerprint density at radius 2 is 1.89 bits per heavy atom. The summed E-state index contributed by atoms with van der Waals surface area (Å²) in [6, 6.07) is 11.5. The first-order valence-electron chi connectivity index (χ1n) is 14.7. The van der Waals surface area contributed by atoms with Crippen LogP contribution < -0.4 is 20.2 Å². The number of ether oxygens (including phenoxy) is 2. The van der Waals surface area contributed by atoms with Crippen molar-refractivity contribution < 1.29 is 31.4 Å². The van der Waals surface area contributed by atoms with E-state index in [1.807, 2.05) is 26.0 Å². The number of nitrogens with one attached hydrogen (secondary N) is 2. The monoisotopic (exact) mass is 648 g/mol. The fraction of sp³-hybridized carbons (Fsp3) is 0.500. The summed E-state index contributed by atoms with van der Waals surface area (Å²) in [7, 11) is -6.28. The lowest BCUT2D eigenvalue weighted by Crippen LogP contribution is -2.47. The van der Waals surface area contributed by atoms with E-state index < -0.39 is 37.2 Å². The minimum absolute atomic E-state index is 0.0302. The highest BCUT2D eigenvalue weighted by atomic mass is 32.2. The van der Waals surface area contributed by atoms with Gasteiger partial charge in [0.05, 0.1) is 22.6 Å². The first kappa shape index (κ1) is 32.5. The summed E-state index contributed by atoms with van der Waals surface area (Å²) in [4.78, 5) is 13.2. The molecule has 0 amide bonds. The van der Waals surface area contributed by atoms with Crippen molar-refractivity contribution in [1.29, 1.82) is 0 Å². The third-order valence-corrected chi connectivity index (χ3v) is 11.8. The molecule has 12 nitrogen and oxygen atoms in total. The van der Waals surface area contributed by atoms with Crippen LogP contribution in [-0.4, -0.2) is 88.5 Å². The lowest BCUT2D eigenvalue weighted by atomic mass is 9.88. The van der Waals surface area contributed by atoms with Crippen LogP contribution in [0.2, 0.25) is 0 Å². The second-order valence-electron chi connectivity index (χ2n) is 11.5. The lowest BCUT2D eigenvalue weighted by molar-refractivity contribution is -0.0312. The number of hydrogen-bond donors (Lipinski definition) is 3. The average molecular weight is 649 g/mol. The van der Waals surface area contributed by atoms with Crippen molar-refractivity contribution in [2.75, 3.05) is 39.9 Å². The van der Waals surface area contributed by atoms with Crippen molar-refractivity contribution in [3.8, 4) is 5.75 Å². The summed E-state index contributed by atoms with van der Waals surface area (Å²) in [5.74, 6) is 0.331. The second kappa shape index (κ2) is 12.9. The smallest absolute Gasteiger partial charge is 0.248 e. The highest BCUT2D eigenvalue weighted by Crippen LogP contribution is 2.37. The molecule has 0 radical (unpaired) electrons. The van der Waals surface area contributed by atoms with Crippen molar-refractivity contribution in [2.45, 2.75) is 67.2 Å². The molecule has 0 aliphatic carbocycles. The van der Waals surface area contributed by atoms with Gasteiger partial charge in [0.2, 0.25) is 25.5 Å². The summed E-state index contributed by atoms with van der Waals surface area (Å²) in [6.45, 7) is 5.44. The van der Waals surface area contributed by atoms with E-state index in [1.165, 1.54) is 29.7 Å². The third kappa shape index (κ3) is 6.71. The molecule has 5 rings (SSSR count). The summed E-state index contributed by atoms with van der Waals surface area (Å²) < 4.78 is 68.6. The van der Waals surface area contributed by atoms with Crippen molar-refractivity contribution in [3.05, 3.63) is 64.4 Å². The number of aliphatic hydroxyl groups is 1. The quantitative estimate of drug-likeness (QED) is 0.281. The molecule has 0 saturated carbocycles. The number of aromatic nitrogens is 1. The molecule has 2 saturated heterocycles. The molecule has 1 spiro atoms. The van der Waals surface area contributed by atoms with Gasteiger partial charge >= 0.3 is 0 Å². The molecule has 3 N–H and O–H groups in total. The maximum atomic E-state index is 13.7. The van der Waals surface area contributed by atoms with Crippen LogP contribution >= 0.6 is 0 Å². The molecule has 2 aliphatic rings. The number of sulfonamides is 2. The molecular weight excluding hydrogens is 608 g/mol. The van der Waals surface area contributed by atoms with Gasteiger partial charge in [0, 0.05) is 49.9 Å². The van der Waals surface area contributed by atoms with E-state index >= 15 is 0 Å². The minimum atomic E-state index is -4.01. The van der Waals surface area contributed by atoms with Gasteiger partial charge in [0.25, 0.3) is 0 Å². The maximum absolute atomic E-state index is 13.7. The molecule has 240 valence electrons. The van der Waals surface area contributed by atoms with Crippen LogP contribution in [0.1, 0.15) is 31.7 Å². The van der Waals surface area contributed by atoms with Crippen LogP contribution in [0.4, 0.5) is 0 Å². The highest BCUT2D eigenvalue weighted by molar-refractivity contribution is 7.89. The van der Waals surface area contributed by atoms with E-state index in [4.69, 9.17) is 9.47 Å². The van der Waals surface area contributed by atoms with Gasteiger partial charge in [-0.25, -0.2) is 21.6 Å². The number of aliphatic hydroxyl groups excluding tert-OH is 1. The molecule has 3 aromatic rings. The van der Waals surface area contributed by atoms with Gasteiger partial charge in [0.15, 0.2) is 0 Å². The SMILES string of the molecule is CCn1cc(S(=O)(=O)N2CCC3(CC2)C[C@@H](NC[C@H](O)COc2cccc(S(=O)(=O)NC)c2)CO3)c(=O)c2cc(C)ccc21. The van der Waals surface area contributed by atoms with Gasteiger partial charge in [-0.15, -0.1) is 0 Å². The van der Waals surface area contributed by atoms with Crippen LogP contribution in [0.3, 0.4) is 0 Å². The van der Waals surface area contributed by atoms with Crippen LogP contribution in [0.25, 0.3) is 10.9 Å². The molecule has 2 aliphatic heterocycles. The molecule has 2 aromatic carbocycles. The lowest BCUT2D eigenvalue weighted by Gasteiger charge is -2.38. The molecule has 1 aromatic heterocycles. The first-order chi connectivity index (χ1) is 20.9. The highest BCUT2D eigenvalue weighted by Gasteiger charge is 2.45. The number of benzene rings is 2. The zero-order chi connectivity index (χ0) is 31.7. The molecule has 44 heavy (non-hydrogen) atoms. The number of rotatable bonds is 11. The van der Waals surface area contributed by atoms with Crippen molar-refractivity contribution in [1.82, 2.24) is 18.9 Å². The maximum Gasteiger partial charge on any atom is 0.248 e. The molecule has 2 fully saturated rings. The van der Waals surface area contributed by atoms with Gasteiger partial charge in [-0.1, -0.05) is 17.7 Å². The normalized spacial score (nSPS) is 19.9. The number of aryl methyl sites for hydroxylation is 2. The third-order valence-electron chi connectivity index (χ3n) is 8.47. The van der Waals surface area contributed by atoms with E-state index in [0.29, 0.717) is 49.1 Å². The zero-order valence-electron chi connectivity index (χ0n) is 25.2. The van der Waals surface area contributed by atoms with Gasteiger partial charge < -0.3 is 24.5 Å². The van der Waals surface area contributed by atoms with Crippen molar-refractivity contribution in [2.24, 2.45) is 0 Å². The largest absolute Gasteiger partial charge is 0.491 e. The number of nitrogens with zero attached hydrogens (tertiary/aromatic N) is 2. The fourth-order valence-electron chi connectivity index (χ4n) is 5.93. The van der Waals surface area contributed by atoms with Crippen LogP contribution in [-0.2, 0) is 31.3 Å². The van der Waals surface area contributed by atoms with Crippen LogP contribution in [0.5, 0.6) is 5.75 Å². The summed E-state index contributed by atoms with van der Waals surface area (Å²) >= 11 is 0. The van der Waals surface area contributed by atoms with Gasteiger partial charge in [-0.05, 0) is 64.4 Å². The van der Waals surface area contributed by atoms with Crippen molar-refractivity contribution in [3.63, 3.8) is 0 Å². The summed E-state index contributed by atoms with van der Waals surface area (Å²) in [5, 5.41) is 14.2. The van der Waals surface area contributed by atoms with Crippen LogP contribution in [0.15, 0.2) is 63.2 Å². The van der Waals surface area contributed by atoms with E-state index in [9.17, 15) is 26.7 Å². The van der Waals surface area contributed by atoms with Crippen molar-refractivity contribution >= 4 is 30.9 Å². The van der Waals surface area contributed by atoms with E-state index in [2.05, 4.69) is 10.0 Å². The number of piperidine rings is 1. The van der Waals surface area contributed by atoms with E-state index in [0.717, 1.165) is 5.56 Å². The predicted octanol–water partition coefficient (Wildman–Crippen LogP) is 1.58. The Kier molecular flexibility index (Phi) is 9.52. The second-order valence-corrected chi connectivity index (χ2v) is 15.3. The summed E-state index contributed by atoms with van der Waals surface area (Å²) in [5.41, 5.74) is 0.645. The van der Waals surface area contributed by atoms with Gasteiger partial charge in [0.1, 0.15) is 23.4 Å². The molecular formula is C30H40N4O8S2. The molecule has 3 heterocycles. The summed E-state index contributed by atoms with van der Waals surface area (Å²) in [6.07, 6.45) is 2.27. The predicted molar refractivity (Wildman–Crippen MR) is 166 cm³/mol. The molecule has 2 atom stereocenters. The fourth-order valence-corrected chi connectivity index (χ4v) is 8.24. The number of hydrogen-bond acceptors (Lipinski definition) is 9. The Labute approximate surface area is 258 Å². The molecule has 0 bridgehead atoms. The Bertz CT molecular complexity index is 1780. The minimum Gasteiger partial charge on any atom is -0.491 e. The number of pyridine rings is 1. The van der Waals surface area contributed by atoms with Gasteiger partial charge in [-0.2, -0.15) is 4.31 Å². The first-order valence-corrected chi connectivity index (χ1v) is 17.7. The standard InChI is InChI=1S/C30H40N4O8S2/c1-4-33-18-28(29(36)26-14-21(2)8-9-27(26)33)44(39,40)34-12-10-30(11-13-34)16-22(19-42-30)32-17-23(35)20-41-24-6-5-7-25(15-24)43(37,38)31-3/h5-9,14-15,18,22-23,31-32,35H,4,10-13,16-17,19-20H2,1-3H3/t22-,23+/m1/s1. The Balaban J connectivity index is 1.15. The van der Waals surface area contributed by atoms with E-state index in [-0.39, 0.29) is 42.1 Å². The molecule has 14 heteroatoms. The molecule has 0 unspecified atom stereocenters. The van der Waals surface area contributed by atoms with Gasteiger partial charge in [-0.3, -0.25) is 4.79 Å². The zero-order valence-corrected chi connectivity index (χ0v) is 26.8. The Morgan fingerprint density at radius 1 is 1.14 bits per heavy atom. The van der Waals surface area contributed by atoms with Crippen LogP contribution in [0, 0.1) is 6.92 Å². The Morgan fingerprint density at radius 3 is 2.59 bits per heavy atom. The Hall–Kier alpha value is -2.85.